The molecule has 1 aromatic heterocycles. The molecule has 1 aromatic carbocycles. The number of methoxy groups -OCH3 is 1. The predicted molar refractivity (Wildman–Crippen MR) is 88.1 cm³/mol. The minimum atomic E-state index is -0.592. The maximum Gasteiger partial charge on any atom is 0.306 e. The van der Waals surface area contributed by atoms with E-state index in [1.54, 1.807) is 18.7 Å². The first-order valence-corrected chi connectivity index (χ1v) is 8.23. The number of hydrogen-bond donors (Lipinski definition) is 1. The van der Waals surface area contributed by atoms with E-state index < -0.39 is 23.1 Å². The zero-order chi connectivity index (χ0) is 17.0. The highest BCUT2D eigenvalue weighted by atomic mass is 32.2. The fourth-order valence-corrected chi connectivity index (χ4v) is 2.72. The van der Waals surface area contributed by atoms with Gasteiger partial charge in [-0.25, -0.2) is 0 Å². The van der Waals surface area contributed by atoms with Gasteiger partial charge in [0, 0.05) is 11.0 Å². The maximum absolute atomic E-state index is 11.8. The Kier molecular flexibility index (Phi) is 5.50. The molecule has 0 fully saturated rings. The second-order valence-corrected chi connectivity index (χ2v) is 5.92. The van der Waals surface area contributed by atoms with Gasteiger partial charge in [0.2, 0.25) is 11.2 Å². The van der Waals surface area contributed by atoms with Crippen molar-refractivity contribution in [2.24, 2.45) is 0 Å². The third kappa shape index (κ3) is 3.96. The molecule has 6 heteroatoms. The normalized spacial score (nSPS) is 12.0. The topological polar surface area (TPSA) is 76.7 Å². The van der Waals surface area contributed by atoms with Crippen molar-refractivity contribution in [3.63, 3.8) is 0 Å². The Balaban J connectivity index is 2.53. The van der Waals surface area contributed by atoms with E-state index in [2.05, 4.69) is 0 Å². The van der Waals surface area contributed by atoms with Gasteiger partial charge in [-0.3, -0.25) is 9.59 Å². The second-order valence-electron chi connectivity index (χ2n) is 5.04. The average molecular weight is 334 g/mol. The van der Waals surface area contributed by atoms with E-state index >= 15 is 0 Å². The SMILES string of the molecule is COC(=O)CC(c1ccc(SC)cc1)c1oc(C)cc(=O)c1O. The molecule has 0 aliphatic carbocycles. The van der Waals surface area contributed by atoms with Crippen LogP contribution in [0.25, 0.3) is 0 Å². The molecule has 0 radical (unpaired) electrons. The average Bonchev–Trinajstić information content (AvgIpc) is 2.56. The van der Waals surface area contributed by atoms with Crippen LogP contribution in [-0.4, -0.2) is 24.4 Å². The van der Waals surface area contributed by atoms with Gasteiger partial charge in [0.05, 0.1) is 19.4 Å². The summed E-state index contributed by atoms with van der Waals surface area (Å²) in [6.45, 7) is 1.62. The van der Waals surface area contributed by atoms with Crippen molar-refractivity contribution in [2.75, 3.05) is 13.4 Å². The van der Waals surface area contributed by atoms with Gasteiger partial charge in [-0.2, -0.15) is 0 Å². The van der Waals surface area contributed by atoms with Crippen molar-refractivity contribution < 1.29 is 19.1 Å². The number of esters is 1. The third-order valence-electron chi connectivity index (χ3n) is 3.51. The Morgan fingerprint density at radius 3 is 2.57 bits per heavy atom. The van der Waals surface area contributed by atoms with E-state index in [0.717, 1.165) is 10.5 Å². The highest BCUT2D eigenvalue weighted by molar-refractivity contribution is 7.98. The predicted octanol–water partition coefficient (Wildman–Crippen LogP) is 3.07. The Morgan fingerprint density at radius 2 is 2.00 bits per heavy atom. The van der Waals surface area contributed by atoms with Gasteiger partial charge in [-0.15, -0.1) is 11.8 Å². The third-order valence-corrected chi connectivity index (χ3v) is 4.25. The van der Waals surface area contributed by atoms with Gasteiger partial charge in [-0.1, -0.05) is 12.1 Å². The number of aromatic hydroxyl groups is 1. The molecule has 1 heterocycles. The van der Waals surface area contributed by atoms with Gasteiger partial charge in [-0.05, 0) is 30.9 Å². The first kappa shape index (κ1) is 17.1. The van der Waals surface area contributed by atoms with Crippen molar-refractivity contribution in [3.05, 3.63) is 57.6 Å². The van der Waals surface area contributed by atoms with Crippen LogP contribution in [0, 0.1) is 6.92 Å². The fraction of sp³-hybridized carbons (Fsp3) is 0.294. The summed E-state index contributed by atoms with van der Waals surface area (Å²) in [6, 6.07) is 8.73. The molecule has 0 bridgehead atoms. The number of benzene rings is 1. The molecule has 5 nitrogen and oxygen atoms in total. The number of carbonyl (C=O) groups is 1. The number of aryl methyl sites for hydroxylation is 1. The van der Waals surface area contributed by atoms with Crippen LogP contribution in [0.3, 0.4) is 0 Å². The van der Waals surface area contributed by atoms with Crippen LogP contribution < -0.4 is 5.43 Å². The van der Waals surface area contributed by atoms with Crippen LogP contribution in [0.4, 0.5) is 0 Å². The van der Waals surface area contributed by atoms with Crippen molar-refractivity contribution >= 4 is 17.7 Å². The lowest BCUT2D eigenvalue weighted by Crippen LogP contribution is -2.13. The fourth-order valence-electron chi connectivity index (χ4n) is 2.31. The molecule has 23 heavy (non-hydrogen) atoms. The molecular weight excluding hydrogens is 316 g/mol. The summed E-state index contributed by atoms with van der Waals surface area (Å²) in [7, 11) is 1.29. The summed E-state index contributed by atoms with van der Waals surface area (Å²) in [5.74, 6) is -1.06. The molecular formula is C17H18O5S. The van der Waals surface area contributed by atoms with Crippen molar-refractivity contribution in [1.82, 2.24) is 0 Å². The van der Waals surface area contributed by atoms with E-state index in [1.807, 2.05) is 30.5 Å². The van der Waals surface area contributed by atoms with Crippen LogP contribution >= 0.6 is 11.8 Å². The number of ether oxygens (including phenoxy) is 1. The Bertz CT molecular complexity index is 749. The Hall–Kier alpha value is -2.21. The van der Waals surface area contributed by atoms with Crippen LogP contribution in [0.5, 0.6) is 5.75 Å². The molecule has 0 aliphatic rings. The Labute approximate surface area is 138 Å². The summed E-state index contributed by atoms with van der Waals surface area (Å²) >= 11 is 1.60. The molecule has 0 saturated heterocycles. The number of hydrogen-bond acceptors (Lipinski definition) is 6. The molecule has 1 N–H and O–H groups in total. The summed E-state index contributed by atoms with van der Waals surface area (Å²) in [5, 5.41) is 10.1. The lowest BCUT2D eigenvalue weighted by molar-refractivity contribution is -0.140. The summed E-state index contributed by atoms with van der Waals surface area (Å²) < 4.78 is 10.3. The van der Waals surface area contributed by atoms with Gasteiger partial charge in [0.1, 0.15) is 5.76 Å². The summed E-state index contributed by atoms with van der Waals surface area (Å²) in [6.07, 6.45) is 1.93. The monoisotopic (exact) mass is 334 g/mol. The van der Waals surface area contributed by atoms with Crippen molar-refractivity contribution in [3.8, 4) is 5.75 Å². The van der Waals surface area contributed by atoms with E-state index in [4.69, 9.17) is 9.15 Å². The quantitative estimate of drug-likeness (QED) is 0.669. The first-order valence-electron chi connectivity index (χ1n) is 7.00. The highest BCUT2D eigenvalue weighted by Crippen LogP contribution is 2.34. The smallest absolute Gasteiger partial charge is 0.306 e. The zero-order valence-electron chi connectivity index (χ0n) is 13.2. The van der Waals surface area contributed by atoms with Gasteiger partial charge in [0.15, 0.2) is 5.76 Å². The molecule has 0 aliphatic heterocycles. The highest BCUT2D eigenvalue weighted by Gasteiger charge is 2.26. The summed E-state index contributed by atoms with van der Waals surface area (Å²) in [4.78, 5) is 24.6. The lowest BCUT2D eigenvalue weighted by Gasteiger charge is -2.17. The van der Waals surface area contributed by atoms with Gasteiger partial charge in [0.25, 0.3) is 0 Å². The molecule has 2 aromatic rings. The van der Waals surface area contributed by atoms with E-state index in [9.17, 15) is 14.7 Å². The van der Waals surface area contributed by atoms with E-state index in [-0.39, 0.29) is 12.2 Å². The molecule has 1 atom stereocenters. The van der Waals surface area contributed by atoms with E-state index in [1.165, 1.54) is 13.2 Å². The minimum Gasteiger partial charge on any atom is -0.502 e. The molecule has 0 spiro atoms. The number of carbonyl (C=O) groups excluding carboxylic acids is 1. The second kappa shape index (κ2) is 7.37. The van der Waals surface area contributed by atoms with E-state index in [0.29, 0.717) is 5.76 Å². The van der Waals surface area contributed by atoms with Crippen molar-refractivity contribution in [1.29, 1.82) is 0 Å². The van der Waals surface area contributed by atoms with Crippen LogP contribution in [0.1, 0.15) is 29.4 Å². The number of thioether (sulfide) groups is 1. The van der Waals surface area contributed by atoms with Gasteiger partial charge >= 0.3 is 5.97 Å². The first-order chi connectivity index (χ1) is 11.0. The Morgan fingerprint density at radius 1 is 1.35 bits per heavy atom. The molecule has 1 unspecified atom stereocenters. The maximum atomic E-state index is 11.8. The van der Waals surface area contributed by atoms with Crippen LogP contribution in [0.2, 0.25) is 0 Å². The lowest BCUT2D eigenvalue weighted by atomic mass is 9.92. The largest absolute Gasteiger partial charge is 0.502 e. The number of rotatable bonds is 5. The standard InChI is InChI=1S/C17H18O5S/c1-10-8-14(18)16(20)17(22-10)13(9-15(19)21-2)11-4-6-12(23-3)7-5-11/h4-8,13,20H,9H2,1-3H3. The van der Waals surface area contributed by atoms with Crippen LogP contribution in [0.15, 0.2) is 44.4 Å². The van der Waals surface area contributed by atoms with Crippen molar-refractivity contribution in [2.45, 2.75) is 24.2 Å². The molecule has 0 saturated carbocycles. The van der Waals surface area contributed by atoms with Gasteiger partial charge < -0.3 is 14.3 Å². The molecule has 2 rings (SSSR count). The zero-order valence-corrected chi connectivity index (χ0v) is 14.0. The molecule has 0 amide bonds. The minimum absolute atomic E-state index is 0.0327. The molecule has 122 valence electrons. The summed E-state index contributed by atoms with van der Waals surface area (Å²) in [5.41, 5.74) is 0.233. The van der Waals surface area contributed by atoms with Crippen LogP contribution in [-0.2, 0) is 9.53 Å².